The number of benzene rings is 2. The molecule has 0 saturated carbocycles. The third-order valence-corrected chi connectivity index (χ3v) is 4.52. The largest absolute Gasteiger partial charge is 0.243 e. The van der Waals surface area contributed by atoms with E-state index in [0.29, 0.717) is 18.0 Å². The van der Waals surface area contributed by atoms with Gasteiger partial charge in [0.25, 0.3) is 0 Å². The monoisotopic (exact) mass is 372 g/mol. The molecule has 0 aromatic heterocycles. The van der Waals surface area contributed by atoms with E-state index in [2.05, 4.69) is 73.0 Å². The minimum Gasteiger partial charge on any atom is -0.203 e. The van der Waals surface area contributed by atoms with Crippen molar-refractivity contribution in [3.05, 3.63) is 89.0 Å². The molecule has 1 aliphatic heterocycles. The average Bonchev–Trinajstić information content (AvgIpc) is 3.15. The van der Waals surface area contributed by atoms with E-state index in [0.717, 1.165) is 17.8 Å². The molecule has 2 aromatic carbocycles. The molecule has 3 N–H and O–H groups in total. The van der Waals surface area contributed by atoms with Crippen molar-refractivity contribution in [1.82, 2.24) is 10.7 Å². The van der Waals surface area contributed by atoms with Crippen LogP contribution in [-0.2, 0) is 6.42 Å². The van der Waals surface area contributed by atoms with Crippen LogP contribution in [0.15, 0.2) is 71.9 Å². The van der Waals surface area contributed by atoms with Crippen LogP contribution in [0.1, 0.15) is 42.0 Å². The Morgan fingerprint density at radius 3 is 2.68 bits per heavy atom. The van der Waals surface area contributed by atoms with Gasteiger partial charge in [-0.2, -0.15) is 10.4 Å². The molecule has 0 aliphatic carbocycles. The predicted molar refractivity (Wildman–Crippen MR) is 113 cm³/mol. The highest BCUT2D eigenvalue weighted by atomic mass is 15.9. The van der Waals surface area contributed by atoms with Crippen LogP contribution < -0.4 is 11.0 Å². The number of hydrazine groups is 1. The van der Waals surface area contributed by atoms with Crippen molar-refractivity contribution in [2.45, 2.75) is 26.2 Å². The van der Waals surface area contributed by atoms with Crippen molar-refractivity contribution in [1.29, 1.82) is 5.26 Å². The fourth-order valence-corrected chi connectivity index (χ4v) is 3.03. The number of hydrogen-bond acceptors (Lipinski definition) is 4. The van der Waals surface area contributed by atoms with Crippen molar-refractivity contribution >= 4 is 11.9 Å². The van der Waals surface area contributed by atoms with Crippen molar-refractivity contribution in [3.8, 4) is 6.07 Å². The van der Waals surface area contributed by atoms with E-state index in [1.165, 1.54) is 11.1 Å². The Hall–Kier alpha value is -3.20. The average molecular weight is 372 g/mol. The Morgan fingerprint density at radius 1 is 1.14 bits per heavy atom. The molecule has 142 valence electrons. The van der Waals surface area contributed by atoms with Gasteiger partial charge in [-0.05, 0) is 34.7 Å². The molecule has 3 rings (SSSR count). The van der Waals surface area contributed by atoms with E-state index >= 15 is 0 Å². The van der Waals surface area contributed by atoms with E-state index in [1.54, 1.807) is 0 Å². The summed E-state index contributed by atoms with van der Waals surface area (Å²) in [5.41, 5.74) is 9.51. The number of hydrogen-bond donors (Lipinski definition) is 2. The van der Waals surface area contributed by atoms with Crippen molar-refractivity contribution in [3.63, 3.8) is 0 Å². The first-order valence-electron chi connectivity index (χ1n) is 9.51. The lowest BCUT2D eigenvalue weighted by Gasteiger charge is -2.08. The summed E-state index contributed by atoms with van der Waals surface area (Å²) in [5.74, 6) is 1.48. The van der Waals surface area contributed by atoms with E-state index in [9.17, 15) is 0 Å². The van der Waals surface area contributed by atoms with Gasteiger partial charge in [-0.1, -0.05) is 80.1 Å². The van der Waals surface area contributed by atoms with Crippen LogP contribution in [-0.4, -0.2) is 17.5 Å². The summed E-state index contributed by atoms with van der Waals surface area (Å²) in [6, 6.07) is 18.2. The van der Waals surface area contributed by atoms with Gasteiger partial charge < -0.3 is 0 Å². The van der Waals surface area contributed by atoms with Gasteiger partial charge in [0.1, 0.15) is 0 Å². The SMILES string of the molecule is CC(C)c1ccccc1C=CC=CCN1N=C(Cc2ccc(C#N)cc2)[NH2+]N1. The zero-order chi connectivity index (χ0) is 19.8. The van der Waals surface area contributed by atoms with Crippen LogP contribution in [0.3, 0.4) is 0 Å². The van der Waals surface area contributed by atoms with Crippen molar-refractivity contribution in [2.24, 2.45) is 5.10 Å². The third-order valence-electron chi connectivity index (χ3n) is 4.52. The molecule has 28 heavy (non-hydrogen) atoms. The maximum atomic E-state index is 8.86. The van der Waals surface area contributed by atoms with E-state index in [1.807, 2.05) is 40.9 Å². The number of quaternary nitrogens is 1. The van der Waals surface area contributed by atoms with E-state index < -0.39 is 0 Å². The highest BCUT2D eigenvalue weighted by molar-refractivity contribution is 5.75. The van der Waals surface area contributed by atoms with Gasteiger partial charge in [0, 0.05) is 0 Å². The first kappa shape index (κ1) is 19.6. The second-order valence-corrected chi connectivity index (χ2v) is 7.00. The quantitative estimate of drug-likeness (QED) is 0.580. The molecule has 0 amide bonds. The number of nitrogens with one attached hydrogen (secondary N) is 1. The normalized spacial score (nSPS) is 14.2. The minimum atomic E-state index is 0.512. The standard InChI is InChI=1S/C23H25N5/c1-18(2)22-10-6-5-9-21(22)8-4-3-7-15-28-26-23(25-27-28)16-19-11-13-20(17-24)14-12-19/h3-14,18,27H,15-16H2,1-2H3,(H,25,26)/p+1. The summed E-state index contributed by atoms with van der Waals surface area (Å²) >= 11 is 0. The number of nitriles is 1. The maximum Gasteiger partial charge on any atom is 0.243 e. The Bertz CT molecular complexity index is 917. The molecule has 0 saturated heterocycles. The van der Waals surface area contributed by atoms with Gasteiger partial charge in [-0.15, -0.1) is 5.10 Å². The second kappa shape index (κ2) is 9.65. The number of hydrazone groups is 1. The Balaban J connectivity index is 1.50. The first-order valence-corrected chi connectivity index (χ1v) is 9.51. The van der Waals surface area contributed by atoms with Crippen LogP contribution in [0, 0.1) is 11.3 Å². The molecule has 5 heteroatoms. The van der Waals surface area contributed by atoms with Crippen LogP contribution in [0.4, 0.5) is 0 Å². The molecular weight excluding hydrogens is 346 g/mol. The number of rotatable bonds is 7. The summed E-state index contributed by atoms with van der Waals surface area (Å²) in [4.78, 5) is 0. The predicted octanol–water partition coefficient (Wildman–Crippen LogP) is 3.11. The molecule has 5 nitrogen and oxygen atoms in total. The Labute approximate surface area is 166 Å². The third kappa shape index (κ3) is 5.40. The molecular formula is C23H26N5+. The molecule has 0 bridgehead atoms. The first-order chi connectivity index (χ1) is 13.7. The Kier molecular flexibility index (Phi) is 6.74. The van der Waals surface area contributed by atoms with Gasteiger partial charge in [0.2, 0.25) is 5.84 Å². The number of amidine groups is 1. The number of nitrogens with two attached hydrogens (primary N) is 1. The lowest BCUT2D eigenvalue weighted by molar-refractivity contribution is -0.621. The van der Waals surface area contributed by atoms with Crippen LogP contribution in [0.25, 0.3) is 6.08 Å². The number of nitrogens with zero attached hydrogens (tertiary/aromatic N) is 3. The second-order valence-electron chi connectivity index (χ2n) is 7.00. The Morgan fingerprint density at radius 2 is 1.93 bits per heavy atom. The van der Waals surface area contributed by atoms with Gasteiger partial charge in [-0.25, -0.2) is 5.43 Å². The lowest BCUT2D eigenvalue weighted by Crippen LogP contribution is -2.95. The van der Waals surface area contributed by atoms with Crippen LogP contribution >= 0.6 is 0 Å². The molecule has 2 aromatic rings. The summed E-state index contributed by atoms with van der Waals surface area (Å²) < 4.78 is 0. The van der Waals surface area contributed by atoms with E-state index in [-0.39, 0.29) is 0 Å². The highest BCUT2D eigenvalue weighted by Gasteiger charge is 2.16. The molecule has 1 heterocycles. The van der Waals surface area contributed by atoms with E-state index in [4.69, 9.17) is 5.26 Å². The van der Waals surface area contributed by atoms with Gasteiger partial charge in [0.15, 0.2) is 0 Å². The maximum absolute atomic E-state index is 8.86. The van der Waals surface area contributed by atoms with Gasteiger partial charge >= 0.3 is 0 Å². The molecule has 1 aliphatic rings. The van der Waals surface area contributed by atoms with Crippen LogP contribution in [0.2, 0.25) is 0 Å². The van der Waals surface area contributed by atoms with Crippen molar-refractivity contribution in [2.75, 3.05) is 6.54 Å². The summed E-state index contributed by atoms with van der Waals surface area (Å²) in [6.45, 7) is 5.11. The molecule has 0 fully saturated rings. The molecule has 0 radical (unpaired) electrons. The zero-order valence-electron chi connectivity index (χ0n) is 16.3. The van der Waals surface area contributed by atoms with Crippen LogP contribution in [0.5, 0.6) is 0 Å². The summed E-state index contributed by atoms with van der Waals surface area (Å²) in [7, 11) is 0. The number of allylic oxidation sites excluding steroid dienone is 2. The fourth-order valence-electron chi connectivity index (χ4n) is 3.03. The molecule has 0 unspecified atom stereocenters. The lowest BCUT2D eigenvalue weighted by atomic mass is 9.97. The highest BCUT2D eigenvalue weighted by Crippen LogP contribution is 2.20. The van der Waals surface area contributed by atoms with Gasteiger partial charge in [0.05, 0.1) is 24.6 Å². The zero-order valence-corrected chi connectivity index (χ0v) is 16.3. The fraction of sp³-hybridized carbons (Fsp3) is 0.217. The topological polar surface area (TPSA) is 68.0 Å². The minimum absolute atomic E-state index is 0.512. The summed E-state index contributed by atoms with van der Waals surface area (Å²) in [6.07, 6.45) is 9.08. The molecule has 0 spiro atoms. The smallest absolute Gasteiger partial charge is 0.203 e. The molecule has 0 atom stereocenters. The summed E-state index contributed by atoms with van der Waals surface area (Å²) in [5, 5.41) is 15.2. The van der Waals surface area contributed by atoms with Gasteiger partial charge in [-0.3, -0.25) is 0 Å². The van der Waals surface area contributed by atoms with Crippen molar-refractivity contribution < 1.29 is 5.43 Å².